The van der Waals surface area contributed by atoms with Crippen molar-refractivity contribution >= 4 is 41.1 Å². The number of hydrogen-bond donors (Lipinski definition) is 3. The minimum atomic E-state index is -5.23. The second-order valence-electron chi connectivity index (χ2n) is 10.0. The minimum absolute atomic E-state index is 0.00717. The van der Waals surface area contributed by atoms with Gasteiger partial charge in [0.25, 0.3) is 17.4 Å². The Labute approximate surface area is 210 Å². The van der Waals surface area contributed by atoms with E-state index in [1.807, 2.05) is 0 Å². The number of rotatable bonds is 6. The summed E-state index contributed by atoms with van der Waals surface area (Å²) in [7, 11) is 0. The average molecular weight is 544 g/mol. The van der Waals surface area contributed by atoms with Crippen LogP contribution in [-0.4, -0.2) is 83.0 Å². The first-order valence-electron chi connectivity index (χ1n) is 11.3. The van der Waals surface area contributed by atoms with Gasteiger partial charge in [-0.3, -0.25) is 29.4 Å². The molecule has 0 radical (unpaired) electrons. The monoisotopic (exact) mass is 543 g/mol. The molecule has 2 saturated heterocycles. The molecular formula is C21H30ClF4N5O5. The first-order chi connectivity index (χ1) is 16.4. The maximum atomic E-state index is 13.6. The SMILES string of the molecule is C[C@H]1CCN(C(=O)C(NC(=O)C(F)(F)F)C(C)(C)C)[C@@H]1C(=O)NN(C[C@@H]1CCNC1=O)C(=O)C(F)Cl. The van der Waals surface area contributed by atoms with E-state index in [1.165, 1.54) is 20.8 Å². The molecule has 2 rings (SSSR count). The average Bonchev–Trinajstić information content (AvgIpc) is 3.33. The quantitative estimate of drug-likeness (QED) is 0.260. The summed E-state index contributed by atoms with van der Waals surface area (Å²) < 4.78 is 52.2. The Morgan fingerprint density at radius 1 is 1.19 bits per heavy atom. The lowest BCUT2D eigenvalue weighted by Gasteiger charge is -2.36. The molecular weight excluding hydrogens is 514 g/mol. The van der Waals surface area contributed by atoms with Crippen LogP contribution in [0.25, 0.3) is 0 Å². The number of amides is 5. The second kappa shape index (κ2) is 11.2. The van der Waals surface area contributed by atoms with Crippen LogP contribution in [0.5, 0.6) is 0 Å². The molecule has 0 bridgehead atoms. The Kier molecular flexibility index (Phi) is 9.19. The topological polar surface area (TPSA) is 128 Å². The molecule has 2 unspecified atom stereocenters. The lowest BCUT2D eigenvalue weighted by molar-refractivity contribution is -0.176. The second-order valence-corrected chi connectivity index (χ2v) is 10.4. The summed E-state index contributed by atoms with van der Waals surface area (Å²) in [6.45, 7) is 5.94. The zero-order valence-corrected chi connectivity index (χ0v) is 21.0. The zero-order valence-electron chi connectivity index (χ0n) is 20.2. The molecule has 15 heteroatoms. The minimum Gasteiger partial charge on any atom is -0.356 e. The van der Waals surface area contributed by atoms with Crippen LogP contribution >= 0.6 is 11.6 Å². The van der Waals surface area contributed by atoms with E-state index in [9.17, 15) is 41.5 Å². The summed E-state index contributed by atoms with van der Waals surface area (Å²) in [5.41, 5.74) is -1.44. The van der Waals surface area contributed by atoms with E-state index in [2.05, 4.69) is 10.7 Å². The van der Waals surface area contributed by atoms with E-state index in [1.54, 1.807) is 12.2 Å². The van der Waals surface area contributed by atoms with Crippen molar-refractivity contribution in [3.63, 3.8) is 0 Å². The molecule has 0 saturated carbocycles. The van der Waals surface area contributed by atoms with Gasteiger partial charge in [-0.25, -0.2) is 9.40 Å². The summed E-state index contributed by atoms with van der Waals surface area (Å²) in [5, 5.41) is 4.84. The normalized spacial score (nSPS) is 24.1. The van der Waals surface area contributed by atoms with Crippen LogP contribution in [0.2, 0.25) is 0 Å². The number of hydrogen-bond acceptors (Lipinski definition) is 5. The Hall–Kier alpha value is -2.64. The zero-order chi connectivity index (χ0) is 27.6. The van der Waals surface area contributed by atoms with Gasteiger partial charge < -0.3 is 15.5 Å². The van der Waals surface area contributed by atoms with Crippen LogP contribution in [0.4, 0.5) is 17.6 Å². The molecule has 0 aromatic heterocycles. The van der Waals surface area contributed by atoms with Crippen molar-refractivity contribution in [3.05, 3.63) is 0 Å². The van der Waals surface area contributed by atoms with Crippen molar-refractivity contribution in [1.82, 2.24) is 26.0 Å². The lowest BCUT2D eigenvalue weighted by Crippen LogP contribution is -2.61. The van der Waals surface area contributed by atoms with Crippen LogP contribution in [0, 0.1) is 17.3 Å². The Morgan fingerprint density at radius 2 is 1.81 bits per heavy atom. The van der Waals surface area contributed by atoms with Crippen molar-refractivity contribution in [1.29, 1.82) is 0 Å². The molecule has 204 valence electrons. The molecule has 3 N–H and O–H groups in total. The molecule has 0 aromatic carbocycles. The first kappa shape index (κ1) is 29.6. The van der Waals surface area contributed by atoms with Crippen molar-refractivity contribution in [2.24, 2.45) is 17.3 Å². The third-order valence-corrected chi connectivity index (χ3v) is 6.35. The summed E-state index contributed by atoms with van der Waals surface area (Å²) in [5.74, 6) is -7.06. The van der Waals surface area contributed by atoms with Crippen molar-refractivity contribution in [2.75, 3.05) is 19.6 Å². The van der Waals surface area contributed by atoms with Gasteiger partial charge in [-0.05, 0) is 24.2 Å². The summed E-state index contributed by atoms with van der Waals surface area (Å²) in [6.07, 6.45) is -4.60. The molecule has 2 fully saturated rings. The molecule has 2 heterocycles. The summed E-state index contributed by atoms with van der Waals surface area (Å²) in [4.78, 5) is 63.3. The van der Waals surface area contributed by atoms with Gasteiger partial charge in [-0.15, -0.1) is 0 Å². The fourth-order valence-electron chi connectivity index (χ4n) is 4.17. The van der Waals surface area contributed by atoms with E-state index in [4.69, 9.17) is 11.6 Å². The number of nitrogens with one attached hydrogen (secondary N) is 3. The van der Waals surface area contributed by atoms with Gasteiger partial charge in [0.1, 0.15) is 12.1 Å². The number of likely N-dealkylation sites (tertiary alicyclic amines) is 1. The van der Waals surface area contributed by atoms with Gasteiger partial charge >= 0.3 is 12.1 Å². The Balaban J connectivity index is 2.27. The first-order valence-corrected chi connectivity index (χ1v) is 11.7. The van der Waals surface area contributed by atoms with Gasteiger partial charge in [-0.1, -0.05) is 39.3 Å². The van der Waals surface area contributed by atoms with Crippen LogP contribution in [0.3, 0.4) is 0 Å². The number of alkyl halides is 5. The van der Waals surface area contributed by atoms with Crippen LogP contribution < -0.4 is 16.1 Å². The van der Waals surface area contributed by atoms with Crippen LogP contribution in [-0.2, 0) is 24.0 Å². The van der Waals surface area contributed by atoms with E-state index < -0.39 is 70.7 Å². The highest BCUT2D eigenvalue weighted by molar-refractivity contribution is 6.29. The Bertz CT molecular complexity index is 895. The molecule has 5 amide bonds. The molecule has 0 spiro atoms. The third kappa shape index (κ3) is 6.98. The van der Waals surface area contributed by atoms with E-state index in [0.29, 0.717) is 24.4 Å². The van der Waals surface area contributed by atoms with E-state index >= 15 is 0 Å². The molecule has 2 aliphatic rings. The smallest absolute Gasteiger partial charge is 0.356 e. The molecule has 0 aliphatic carbocycles. The highest BCUT2D eigenvalue weighted by atomic mass is 35.5. The largest absolute Gasteiger partial charge is 0.471 e. The highest BCUT2D eigenvalue weighted by Crippen LogP contribution is 2.30. The summed E-state index contributed by atoms with van der Waals surface area (Å²) >= 11 is 5.27. The van der Waals surface area contributed by atoms with Gasteiger partial charge in [-0.2, -0.15) is 13.2 Å². The lowest BCUT2D eigenvalue weighted by atomic mass is 9.85. The predicted molar refractivity (Wildman–Crippen MR) is 118 cm³/mol. The van der Waals surface area contributed by atoms with Crippen molar-refractivity contribution in [2.45, 2.75) is 64.4 Å². The van der Waals surface area contributed by atoms with Gasteiger partial charge in [0.15, 0.2) is 0 Å². The summed E-state index contributed by atoms with van der Waals surface area (Å²) in [6, 6.07) is -2.86. The molecule has 5 atom stereocenters. The van der Waals surface area contributed by atoms with Crippen molar-refractivity contribution in [3.8, 4) is 0 Å². The number of carbonyl (C=O) groups is 5. The number of halogens is 5. The van der Waals surface area contributed by atoms with Crippen molar-refractivity contribution < 1.29 is 41.5 Å². The number of nitrogens with zero attached hydrogens (tertiary/aromatic N) is 2. The van der Waals surface area contributed by atoms with Crippen LogP contribution in [0.15, 0.2) is 0 Å². The standard InChI is InChI=1S/C21H30ClF4N5O5/c1-10-6-8-30(17(34)13(20(2,3)4)28-19(36)21(24,25)26)12(10)16(33)29-31(18(35)14(22)23)9-11-5-7-27-15(11)32/h10-14H,5-9H2,1-4H3,(H,27,32)(H,28,36)(H,29,33)/t10-,11-,12-,13?,14?/m0/s1. The maximum absolute atomic E-state index is 13.6. The fraction of sp³-hybridized carbons (Fsp3) is 0.762. The maximum Gasteiger partial charge on any atom is 0.471 e. The van der Waals surface area contributed by atoms with E-state index in [-0.39, 0.29) is 13.1 Å². The van der Waals surface area contributed by atoms with Gasteiger partial charge in [0.05, 0.1) is 12.5 Å². The molecule has 2 aliphatic heterocycles. The van der Waals surface area contributed by atoms with E-state index in [0.717, 1.165) is 4.90 Å². The molecule has 0 aromatic rings. The Morgan fingerprint density at radius 3 is 2.28 bits per heavy atom. The third-order valence-electron chi connectivity index (χ3n) is 6.16. The molecule has 36 heavy (non-hydrogen) atoms. The van der Waals surface area contributed by atoms with Gasteiger partial charge in [0, 0.05) is 13.1 Å². The number of carbonyl (C=O) groups excluding carboxylic acids is 5. The predicted octanol–water partition coefficient (Wildman–Crippen LogP) is 0.847. The molecule has 10 nitrogen and oxygen atoms in total. The van der Waals surface area contributed by atoms with Crippen LogP contribution in [0.1, 0.15) is 40.5 Å². The number of hydrazine groups is 1. The fourth-order valence-corrected chi connectivity index (χ4v) is 4.29. The van der Waals surface area contributed by atoms with Gasteiger partial charge in [0.2, 0.25) is 11.8 Å². The highest BCUT2D eigenvalue weighted by Gasteiger charge is 2.48.